The molecule has 0 saturated carbocycles. The van der Waals surface area contributed by atoms with E-state index in [0.717, 1.165) is 38.0 Å². The number of methoxy groups -OCH3 is 1. The van der Waals surface area contributed by atoms with E-state index in [1.807, 2.05) is 0 Å². The van der Waals surface area contributed by atoms with Gasteiger partial charge in [-0.2, -0.15) is 8.78 Å². The third kappa shape index (κ3) is 6.82. The summed E-state index contributed by atoms with van der Waals surface area (Å²) in [5.41, 5.74) is 1.06. The third-order valence-corrected chi connectivity index (χ3v) is 3.08. The molecule has 0 bridgehead atoms. The van der Waals surface area contributed by atoms with Crippen molar-refractivity contribution in [2.24, 2.45) is 0 Å². The molecule has 20 heavy (non-hydrogen) atoms. The Kier molecular flexibility index (Phi) is 8.14. The molecule has 0 radical (unpaired) electrons. The van der Waals surface area contributed by atoms with Gasteiger partial charge in [-0.25, -0.2) is 0 Å². The Hall–Kier alpha value is -1.20. The lowest BCUT2D eigenvalue weighted by molar-refractivity contribution is -0.0498. The fourth-order valence-corrected chi connectivity index (χ4v) is 1.92. The van der Waals surface area contributed by atoms with Crippen LogP contribution in [-0.4, -0.2) is 26.9 Å². The van der Waals surface area contributed by atoms with Gasteiger partial charge in [0.2, 0.25) is 0 Å². The Morgan fingerprint density at radius 3 is 2.40 bits per heavy atom. The van der Waals surface area contributed by atoms with Crippen molar-refractivity contribution in [3.05, 3.63) is 29.8 Å². The normalized spacial score (nSPS) is 12.7. The van der Waals surface area contributed by atoms with Crippen LogP contribution < -0.4 is 10.1 Å². The molecule has 0 aliphatic heterocycles. The van der Waals surface area contributed by atoms with Crippen LogP contribution in [0.15, 0.2) is 24.3 Å². The molecule has 1 atom stereocenters. The minimum atomic E-state index is -2.77. The molecule has 0 saturated heterocycles. The van der Waals surface area contributed by atoms with E-state index in [1.165, 1.54) is 0 Å². The number of halogens is 2. The quantitative estimate of drug-likeness (QED) is 0.665. The summed E-state index contributed by atoms with van der Waals surface area (Å²) in [5.74, 6) is 0.190. The molecule has 0 spiro atoms. The van der Waals surface area contributed by atoms with Gasteiger partial charge in [0.25, 0.3) is 0 Å². The van der Waals surface area contributed by atoms with Crippen LogP contribution in [0.5, 0.6) is 5.75 Å². The molecule has 1 N–H and O–H groups in total. The van der Waals surface area contributed by atoms with Crippen LogP contribution in [-0.2, 0) is 4.74 Å². The molecule has 1 unspecified atom stereocenters. The summed E-state index contributed by atoms with van der Waals surface area (Å²) < 4.78 is 33.4. The smallest absolute Gasteiger partial charge is 0.387 e. The Morgan fingerprint density at radius 1 is 1.10 bits per heavy atom. The van der Waals surface area contributed by atoms with E-state index >= 15 is 0 Å². The number of alkyl halides is 2. The molecule has 0 aliphatic carbocycles. The van der Waals surface area contributed by atoms with Crippen LogP contribution in [0, 0.1) is 0 Å². The molecule has 1 aromatic carbocycles. The van der Waals surface area contributed by atoms with Gasteiger partial charge in [0.05, 0.1) is 0 Å². The van der Waals surface area contributed by atoms with Crippen LogP contribution in [0.4, 0.5) is 8.78 Å². The molecule has 1 rings (SSSR count). The van der Waals surface area contributed by atoms with Crippen molar-refractivity contribution in [2.75, 3.05) is 20.3 Å². The van der Waals surface area contributed by atoms with Gasteiger partial charge in [-0.1, -0.05) is 12.1 Å². The minimum absolute atomic E-state index is 0.190. The van der Waals surface area contributed by atoms with E-state index in [9.17, 15) is 8.78 Å². The van der Waals surface area contributed by atoms with Crippen molar-refractivity contribution in [1.82, 2.24) is 5.32 Å². The first-order valence-corrected chi connectivity index (χ1v) is 6.90. The third-order valence-electron chi connectivity index (χ3n) is 3.08. The predicted molar refractivity (Wildman–Crippen MR) is 75.2 cm³/mol. The zero-order chi connectivity index (χ0) is 14.8. The van der Waals surface area contributed by atoms with Crippen molar-refractivity contribution >= 4 is 0 Å². The van der Waals surface area contributed by atoms with Gasteiger partial charge in [-0.3, -0.25) is 0 Å². The standard InChI is InChI=1S/C15H23F2NO2/c1-12(18-10-4-3-5-11-19-2)13-6-8-14(9-7-13)20-15(16)17/h6-9,12,15,18H,3-5,10-11H2,1-2H3. The lowest BCUT2D eigenvalue weighted by atomic mass is 10.1. The summed E-state index contributed by atoms with van der Waals surface area (Å²) in [7, 11) is 1.71. The van der Waals surface area contributed by atoms with E-state index in [2.05, 4.69) is 17.0 Å². The molecular formula is C15H23F2NO2. The minimum Gasteiger partial charge on any atom is -0.435 e. The largest absolute Gasteiger partial charge is 0.435 e. The molecule has 114 valence electrons. The average Bonchev–Trinajstić information content (AvgIpc) is 2.42. The Bertz CT molecular complexity index is 357. The van der Waals surface area contributed by atoms with Gasteiger partial charge in [0, 0.05) is 19.8 Å². The van der Waals surface area contributed by atoms with Gasteiger partial charge in [0.15, 0.2) is 0 Å². The van der Waals surface area contributed by atoms with Crippen molar-refractivity contribution < 1.29 is 18.3 Å². The number of unbranched alkanes of at least 4 members (excludes halogenated alkanes) is 2. The van der Waals surface area contributed by atoms with Crippen LogP contribution in [0.25, 0.3) is 0 Å². The summed E-state index contributed by atoms with van der Waals surface area (Å²) in [6.45, 7) is 1.02. The first kappa shape index (κ1) is 16.9. The molecule has 5 heteroatoms. The van der Waals surface area contributed by atoms with E-state index in [0.29, 0.717) is 0 Å². The summed E-state index contributed by atoms with van der Waals surface area (Å²) in [5, 5.41) is 3.41. The first-order chi connectivity index (χ1) is 9.63. The molecule has 1 aromatic rings. The van der Waals surface area contributed by atoms with Gasteiger partial charge in [0.1, 0.15) is 5.75 Å². The van der Waals surface area contributed by atoms with Gasteiger partial charge >= 0.3 is 6.61 Å². The fourth-order valence-electron chi connectivity index (χ4n) is 1.92. The van der Waals surface area contributed by atoms with Crippen LogP contribution in [0.3, 0.4) is 0 Å². The maximum atomic E-state index is 12.0. The Labute approximate surface area is 119 Å². The fraction of sp³-hybridized carbons (Fsp3) is 0.600. The second-order valence-electron chi connectivity index (χ2n) is 4.68. The van der Waals surface area contributed by atoms with Gasteiger partial charge in [-0.05, 0) is 50.4 Å². The number of hydrogen-bond acceptors (Lipinski definition) is 3. The van der Waals surface area contributed by atoms with Crippen LogP contribution >= 0.6 is 0 Å². The van der Waals surface area contributed by atoms with Gasteiger partial charge in [-0.15, -0.1) is 0 Å². The molecule has 0 amide bonds. The molecule has 0 heterocycles. The zero-order valence-corrected chi connectivity index (χ0v) is 12.1. The molecular weight excluding hydrogens is 264 g/mol. The highest BCUT2D eigenvalue weighted by Crippen LogP contribution is 2.19. The highest BCUT2D eigenvalue weighted by atomic mass is 19.3. The van der Waals surface area contributed by atoms with Crippen LogP contribution in [0.2, 0.25) is 0 Å². The Balaban J connectivity index is 2.27. The lowest BCUT2D eigenvalue weighted by Crippen LogP contribution is -2.19. The lowest BCUT2D eigenvalue weighted by Gasteiger charge is -2.15. The molecule has 0 fully saturated rings. The molecule has 0 aromatic heterocycles. The number of ether oxygens (including phenoxy) is 2. The summed E-state index contributed by atoms with van der Waals surface area (Å²) >= 11 is 0. The van der Waals surface area contributed by atoms with E-state index in [1.54, 1.807) is 31.4 Å². The van der Waals surface area contributed by atoms with Gasteiger partial charge < -0.3 is 14.8 Å². The Morgan fingerprint density at radius 2 is 1.80 bits per heavy atom. The second kappa shape index (κ2) is 9.66. The summed E-state index contributed by atoms with van der Waals surface area (Å²) in [6.07, 6.45) is 3.31. The monoisotopic (exact) mass is 287 g/mol. The predicted octanol–water partition coefficient (Wildman–Crippen LogP) is 3.76. The highest BCUT2D eigenvalue weighted by Gasteiger charge is 2.07. The maximum absolute atomic E-state index is 12.0. The van der Waals surface area contributed by atoms with Crippen molar-refractivity contribution in [3.8, 4) is 5.75 Å². The number of nitrogens with one attached hydrogen (secondary N) is 1. The van der Waals surface area contributed by atoms with E-state index < -0.39 is 6.61 Å². The van der Waals surface area contributed by atoms with Crippen molar-refractivity contribution in [3.63, 3.8) is 0 Å². The second-order valence-corrected chi connectivity index (χ2v) is 4.68. The summed E-state index contributed by atoms with van der Waals surface area (Å²) in [4.78, 5) is 0. The maximum Gasteiger partial charge on any atom is 0.387 e. The number of hydrogen-bond donors (Lipinski definition) is 1. The van der Waals surface area contributed by atoms with Crippen LogP contribution in [0.1, 0.15) is 37.8 Å². The zero-order valence-electron chi connectivity index (χ0n) is 12.1. The average molecular weight is 287 g/mol. The molecule has 3 nitrogen and oxygen atoms in total. The highest BCUT2D eigenvalue weighted by molar-refractivity contribution is 5.28. The summed E-state index contributed by atoms with van der Waals surface area (Å²) in [6, 6.07) is 6.94. The number of rotatable bonds is 10. The van der Waals surface area contributed by atoms with Crippen molar-refractivity contribution in [1.29, 1.82) is 0 Å². The number of benzene rings is 1. The first-order valence-electron chi connectivity index (χ1n) is 6.90. The van der Waals surface area contributed by atoms with Crippen molar-refractivity contribution in [2.45, 2.75) is 38.8 Å². The topological polar surface area (TPSA) is 30.5 Å². The molecule has 0 aliphatic rings. The van der Waals surface area contributed by atoms with E-state index in [-0.39, 0.29) is 11.8 Å². The SMILES string of the molecule is COCCCCCNC(C)c1ccc(OC(F)F)cc1. The van der Waals surface area contributed by atoms with E-state index in [4.69, 9.17) is 4.74 Å².